The van der Waals surface area contributed by atoms with Gasteiger partial charge in [-0.2, -0.15) is 0 Å². The summed E-state index contributed by atoms with van der Waals surface area (Å²) in [6.07, 6.45) is 5.63. The van der Waals surface area contributed by atoms with Crippen molar-refractivity contribution in [3.63, 3.8) is 0 Å². The second-order valence-corrected chi connectivity index (χ2v) is 4.65. The van der Waals surface area contributed by atoms with Gasteiger partial charge in [-0.25, -0.2) is 0 Å². The van der Waals surface area contributed by atoms with Gasteiger partial charge in [-0.05, 0) is 44.2 Å². The van der Waals surface area contributed by atoms with E-state index >= 15 is 0 Å². The molecule has 81 valence electrons. The van der Waals surface area contributed by atoms with Crippen LogP contribution in [0, 0.1) is 11.8 Å². The maximum atomic E-state index is 10.2. The van der Waals surface area contributed by atoms with Crippen molar-refractivity contribution in [2.45, 2.75) is 39.5 Å². The summed E-state index contributed by atoms with van der Waals surface area (Å²) in [6.45, 7) is 7.78. The number of piperidine rings is 1. The number of carbonyl (C=O) groups is 1. The molecule has 1 aliphatic rings. The van der Waals surface area contributed by atoms with Gasteiger partial charge in [0.1, 0.15) is 6.29 Å². The fourth-order valence-electron chi connectivity index (χ4n) is 2.23. The molecule has 0 aromatic rings. The molecule has 0 aromatic heterocycles. The highest BCUT2D eigenvalue weighted by atomic mass is 16.1. The Labute approximate surface area is 87.7 Å². The van der Waals surface area contributed by atoms with E-state index in [1.54, 1.807) is 5.92 Å². The molecule has 0 unspecified atom stereocenters. The lowest BCUT2D eigenvalue weighted by atomic mass is 9.88. The first-order valence-corrected chi connectivity index (χ1v) is 5.67. The summed E-state index contributed by atoms with van der Waals surface area (Å²) in [5.41, 5.74) is 0. The predicted octanol–water partition coefficient (Wildman–Crippen LogP) is 2.29. The molecule has 14 heavy (non-hydrogen) atoms. The van der Waals surface area contributed by atoms with Gasteiger partial charge in [-0.3, -0.25) is 0 Å². The summed E-state index contributed by atoms with van der Waals surface area (Å²) in [5, 5.41) is 0. The minimum Gasteiger partial charge on any atom is -0.303 e. The number of hydrogen-bond donors (Lipinski definition) is 0. The highest BCUT2D eigenvalue weighted by Crippen LogP contribution is 2.24. The molecule has 0 saturated carbocycles. The lowest BCUT2D eigenvalue weighted by Gasteiger charge is -2.32. The Morgan fingerprint density at radius 3 is 2.50 bits per heavy atom. The number of rotatable bonds is 5. The summed E-state index contributed by atoms with van der Waals surface area (Å²) in [4.78, 5) is 12.6. The van der Waals surface area contributed by atoms with Gasteiger partial charge in [0, 0.05) is 13.0 Å². The number of nitrogens with zero attached hydrogens (tertiary/aromatic N) is 1. The molecule has 0 bridgehead atoms. The molecule has 1 rings (SSSR count). The van der Waals surface area contributed by atoms with E-state index in [1.807, 2.05) is 0 Å². The standard InChI is InChI=1S/C12H22NO/c1-11(2)10-12-4-7-13(8-5-12)6-3-9-14/h9,12H,3-8,10H2,1-2H3. The van der Waals surface area contributed by atoms with Gasteiger partial charge in [0.25, 0.3) is 0 Å². The van der Waals surface area contributed by atoms with E-state index in [0.29, 0.717) is 6.42 Å². The van der Waals surface area contributed by atoms with Crippen LogP contribution in [0.2, 0.25) is 0 Å². The average Bonchev–Trinajstić information content (AvgIpc) is 2.16. The van der Waals surface area contributed by atoms with E-state index in [1.165, 1.54) is 32.4 Å². The summed E-state index contributed by atoms with van der Waals surface area (Å²) in [7, 11) is 0. The van der Waals surface area contributed by atoms with Crippen molar-refractivity contribution >= 4 is 6.29 Å². The van der Waals surface area contributed by atoms with Gasteiger partial charge in [0.15, 0.2) is 0 Å². The third-order valence-corrected chi connectivity index (χ3v) is 2.97. The Balaban J connectivity index is 2.14. The zero-order valence-corrected chi connectivity index (χ0v) is 9.46. The number of carbonyl (C=O) groups excluding carboxylic acids is 1. The minimum atomic E-state index is 0.698. The molecular formula is C12H22NO. The number of aldehydes is 1. The Hall–Kier alpha value is -0.370. The van der Waals surface area contributed by atoms with Crippen LogP contribution in [0.15, 0.2) is 0 Å². The van der Waals surface area contributed by atoms with Crippen molar-refractivity contribution in [2.75, 3.05) is 19.6 Å². The molecule has 1 radical (unpaired) electrons. The molecular weight excluding hydrogens is 174 g/mol. The van der Waals surface area contributed by atoms with Crippen LogP contribution in [-0.4, -0.2) is 30.8 Å². The molecule has 0 atom stereocenters. The van der Waals surface area contributed by atoms with E-state index < -0.39 is 0 Å². The van der Waals surface area contributed by atoms with Crippen LogP contribution in [-0.2, 0) is 4.79 Å². The average molecular weight is 196 g/mol. The van der Waals surface area contributed by atoms with Crippen molar-refractivity contribution in [1.82, 2.24) is 4.90 Å². The lowest BCUT2D eigenvalue weighted by molar-refractivity contribution is -0.108. The molecule has 1 saturated heterocycles. The molecule has 0 aromatic carbocycles. The smallest absolute Gasteiger partial charge is 0.121 e. The van der Waals surface area contributed by atoms with Crippen LogP contribution in [0.25, 0.3) is 0 Å². The van der Waals surface area contributed by atoms with Gasteiger partial charge < -0.3 is 9.69 Å². The number of hydrogen-bond acceptors (Lipinski definition) is 2. The van der Waals surface area contributed by atoms with Gasteiger partial charge in [-0.15, -0.1) is 0 Å². The molecule has 2 nitrogen and oxygen atoms in total. The topological polar surface area (TPSA) is 20.3 Å². The van der Waals surface area contributed by atoms with Crippen LogP contribution in [0.5, 0.6) is 0 Å². The number of likely N-dealkylation sites (tertiary alicyclic amines) is 1. The second-order valence-electron chi connectivity index (χ2n) is 4.65. The predicted molar refractivity (Wildman–Crippen MR) is 59.1 cm³/mol. The normalized spacial score (nSPS) is 20.2. The van der Waals surface area contributed by atoms with Crippen molar-refractivity contribution in [3.05, 3.63) is 5.92 Å². The molecule has 1 fully saturated rings. The largest absolute Gasteiger partial charge is 0.303 e. The molecule has 1 heterocycles. The van der Waals surface area contributed by atoms with E-state index in [2.05, 4.69) is 18.7 Å². The van der Waals surface area contributed by atoms with Crippen LogP contribution in [0.1, 0.15) is 39.5 Å². The van der Waals surface area contributed by atoms with Crippen molar-refractivity contribution in [1.29, 1.82) is 0 Å². The fourth-order valence-corrected chi connectivity index (χ4v) is 2.23. The summed E-state index contributed by atoms with van der Waals surface area (Å²) in [6, 6.07) is 0. The van der Waals surface area contributed by atoms with Crippen molar-refractivity contribution < 1.29 is 4.79 Å². The van der Waals surface area contributed by atoms with Gasteiger partial charge in [0.2, 0.25) is 0 Å². The van der Waals surface area contributed by atoms with Crippen molar-refractivity contribution in [2.24, 2.45) is 5.92 Å². The maximum Gasteiger partial charge on any atom is 0.121 e. The molecule has 1 aliphatic heterocycles. The summed E-state index contributed by atoms with van der Waals surface area (Å²) < 4.78 is 0. The van der Waals surface area contributed by atoms with Crippen LogP contribution in [0.3, 0.4) is 0 Å². The Kier molecular flexibility index (Phi) is 5.16. The third-order valence-electron chi connectivity index (χ3n) is 2.97. The Bertz CT molecular complexity index is 160. The van der Waals surface area contributed by atoms with Crippen molar-refractivity contribution in [3.8, 4) is 0 Å². The third kappa shape index (κ3) is 4.23. The van der Waals surface area contributed by atoms with E-state index in [0.717, 1.165) is 18.7 Å². The first-order chi connectivity index (χ1) is 6.72. The quantitative estimate of drug-likeness (QED) is 0.629. The zero-order valence-electron chi connectivity index (χ0n) is 9.46. The van der Waals surface area contributed by atoms with E-state index in [4.69, 9.17) is 0 Å². The Morgan fingerprint density at radius 2 is 2.00 bits per heavy atom. The van der Waals surface area contributed by atoms with Gasteiger partial charge in [-0.1, -0.05) is 13.8 Å². The first-order valence-electron chi connectivity index (χ1n) is 5.67. The molecule has 0 N–H and O–H groups in total. The van der Waals surface area contributed by atoms with E-state index in [-0.39, 0.29) is 0 Å². The first kappa shape index (κ1) is 11.7. The van der Waals surface area contributed by atoms with Crippen LogP contribution < -0.4 is 0 Å². The molecule has 0 amide bonds. The minimum absolute atomic E-state index is 0.698. The summed E-state index contributed by atoms with van der Waals surface area (Å²) in [5.74, 6) is 2.45. The van der Waals surface area contributed by atoms with Gasteiger partial charge in [0.05, 0.1) is 0 Å². The highest BCUT2D eigenvalue weighted by molar-refractivity contribution is 5.49. The summed E-state index contributed by atoms with van der Waals surface area (Å²) >= 11 is 0. The van der Waals surface area contributed by atoms with E-state index in [9.17, 15) is 4.79 Å². The monoisotopic (exact) mass is 196 g/mol. The SMILES string of the molecule is C[C](C)CC1CCN(CCC=O)CC1. The zero-order chi connectivity index (χ0) is 10.4. The molecule has 0 spiro atoms. The fraction of sp³-hybridized carbons (Fsp3) is 0.833. The molecule has 0 aliphatic carbocycles. The van der Waals surface area contributed by atoms with Crippen LogP contribution >= 0.6 is 0 Å². The second kappa shape index (κ2) is 6.18. The molecule has 2 heteroatoms. The maximum absolute atomic E-state index is 10.2. The lowest BCUT2D eigenvalue weighted by Crippen LogP contribution is -2.34. The van der Waals surface area contributed by atoms with Crippen LogP contribution in [0.4, 0.5) is 0 Å². The van der Waals surface area contributed by atoms with Gasteiger partial charge >= 0.3 is 0 Å². The Morgan fingerprint density at radius 1 is 1.36 bits per heavy atom. The highest BCUT2D eigenvalue weighted by Gasteiger charge is 2.19.